The molecule has 0 bridgehead atoms. The molecule has 0 aromatic carbocycles. The summed E-state index contributed by atoms with van der Waals surface area (Å²) in [6, 6.07) is 0. The minimum atomic E-state index is -0.259. The maximum atomic E-state index is 5.71. The molecule has 0 aromatic rings. The van der Waals surface area contributed by atoms with Crippen LogP contribution in [0, 0.1) is 0 Å². The summed E-state index contributed by atoms with van der Waals surface area (Å²) in [6.07, 6.45) is 2.02. The van der Waals surface area contributed by atoms with E-state index in [0.717, 1.165) is 19.4 Å². The topological polar surface area (TPSA) is 9.23 Å². The zero-order chi connectivity index (χ0) is 5.98. The normalized spacial score (nSPS) is 39.8. The Labute approximate surface area is 58.9 Å². The lowest BCUT2D eigenvalue weighted by Gasteiger charge is -2.21. The molecule has 0 aromatic heterocycles. The van der Waals surface area contributed by atoms with Crippen molar-refractivity contribution >= 4 is 23.2 Å². The monoisotopic (exact) mass is 154 g/mol. The van der Waals surface area contributed by atoms with E-state index in [1.54, 1.807) is 0 Å². The molecule has 0 amide bonds. The van der Waals surface area contributed by atoms with E-state index >= 15 is 0 Å². The van der Waals surface area contributed by atoms with Gasteiger partial charge < -0.3 is 4.74 Å². The van der Waals surface area contributed by atoms with Crippen molar-refractivity contribution < 1.29 is 4.74 Å². The van der Waals surface area contributed by atoms with Gasteiger partial charge in [-0.3, -0.25) is 0 Å². The van der Waals surface area contributed by atoms with Crippen LogP contribution in [0.4, 0.5) is 0 Å². The summed E-state index contributed by atoms with van der Waals surface area (Å²) in [7, 11) is 0. The Balaban J connectivity index is 2.28. The maximum absolute atomic E-state index is 5.71. The van der Waals surface area contributed by atoms with Crippen molar-refractivity contribution in [2.24, 2.45) is 0 Å². The van der Waals surface area contributed by atoms with Gasteiger partial charge in [0.25, 0.3) is 0 Å². The first-order valence-electron chi connectivity index (χ1n) is 2.70. The average molecular weight is 155 g/mol. The van der Waals surface area contributed by atoms with Crippen LogP contribution in [0.15, 0.2) is 0 Å². The fourth-order valence-electron chi connectivity index (χ4n) is 0.710. The van der Waals surface area contributed by atoms with Crippen molar-refractivity contribution in [2.45, 2.75) is 23.8 Å². The van der Waals surface area contributed by atoms with E-state index in [4.69, 9.17) is 27.9 Å². The lowest BCUT2D eigenvalue weighted by molar-refractivity contribution is 0.0711. The second kappa shape index (κ2) is 2.90. The molecule has 8 heavy (non-hydrogen) atoms. The summed E-state index contributed by atoms with van der Waals surface area (Å²) >= 11 is 11.3. The Morgan fingerprint density at radius 1 is 1.38 bits per heavy atom. The fourth-order valence-corrected chi connectivity index (χ4v) is 1.15. The molecule has 0 unspecified atom stereocenters. The highest BCUT2D eigenvalue weighted by Crippen LogP contribution is 2.21. The van der Waals surface area contributed by atoms with Crippen molar-refractivity contribution in [2.75, 3.05) is 6.61 Å². The summed E-state index contributed by atoms with van der Waals surface area (Å²) in [5.74, 6) is 0. The average Bonchev–Trinajstić information content (AvgIpc) is 1.77. The summed E-state index contributed by atoms with van der Waals surface area (Å²) in [5.41, 5.74) is -0.259. The summed E-state index contributed by atoms with van der Waals surface area (Å²) in [4.78, 5) is 0. The SMILES string of the molecule is Cl[C@@H]1CCCO[C@H]1Cl. The van der Waals surface area contributed by atoms with Crippen LogP contribution in [0.5, 0.6) is 0 Å². The van der Waals surface area contributed by atoms with E-state index in [9.17, 15) is 0 Å². The van der Waals surface area contributed by atoms with Crippen LogP contribution in [0.2, 0.25) is 0 Å². The Morgan fingerprint density at radius 2 is 2.12 bits per heavy atom. The third-order valence-electron chi connectivity index (χ3n) is 1.19. The lowest BCUT2D eigenvalue weighted by atomic mass is 10.2. The number of ether oxygens (including phenoxy) is 1. The molecular weight excluding hydrogens is 147 g/mol. The molecule has 48 valence electrons. The van der Waals surface area contributed by atoms with Crippen molar-refractivity contribution in [1.29, 1.82) is 0 Å². The summed E-state index contributed by atoms with van der Waals surface area (Å²) < 4.78 is 5.02. The van der Waals surface area contributed by atoms with Gasteiger partial charge in [-0.1, -0.05) is 11.6 Å². The molecule has 0 N–H and O–H groups in total. The third-order valence-corrected chi connectivity index (χ3v) is 2.19. The summed E-state index contributed by atoms with van der Waals surface area (Å²) in [6.45, 7) is 0.761. The van der Waals surface area contributed by atoms with Gasteiger partial charge in [-0.2, -0.15) is 0 Å². The highest BCUT2D eigenvalue weighted by Gasteiger charge is 2.20. The van der Waals surface area contributed by atoms with Gasteiger partial charge >= 0.3 is 0 Å². The second-order valence-electron chi connectivity index (χ2n) is 1.88. The van der Waals surface area contributed by atoms with Gasteiger partial charge in [0.2, 0.25) is 0 Å². The van der Waals surface area contributed by atoms with Gasteiger partial charge in [0.15, 0.2) is 0 Å². The van der Waals surface area contributed by atoms with Crippen LogP contribution in [-0.2, 0) is 4.74 Å². The van der Waals surface area contributed by atoms with Crippen LogP contribution >= 0.6 is 23.2 Å². The minimum Gasteiger partial charge on any atom is -0.361 e. The predicted octanol–water partition coefficient (Wildman–Crippen LogP) is 1.97. The first kappa shape index (κ1) is 6.66. The van der Waals surface area contributed by atoms with Crippen LogP contribution in [0.25, 0.3) is 0 Å². The Kier molecular flexibility index (Phi) is 2.42. The number of halogens is 2. The molecule has 0 saturated carbocycles. The van der Waals surface area contributed by atoms with Gasteiger partial charge in [0.1, 0.15) is 5.56 Å². The van der Waals surface area contributed by atoms with Gasteiger partial charge in [-0.05, 0) is 12.8 Å². The molecule has 1 nitrogen and oxygen atoms in total. The fraction of sp³-hybridized carbons (Fsp3) is 1.00. The zero-order valence-electron chi connectivity index (χ0n) is 4.44. The molecule has 1 saturated heterocycles. The Bertz CT molecular complexity index is 66.8. The molecular formula is C5H8Cl2O. The third kappa shape index (κ3) is 1.51. The molecule has 3 heteroatoms. The summed E-state index contributed by atoms with van der Waals surface area (Å²) in [5, 5.41) is 0.0189. The largest absolute Gasteiger partial charge is 0.361 e. The molecule has 0 radical (unpaired) electrons. The van der Waals surface area contributed by atoms with Gasteiger partial charge in [-0.15, -0.1) is 11.6 Å². The Hall–Kier alpha value is 0.540. The first-order valence-corrected chi connectivity index (χ1v) is 3.58. The van der Waals surface area contributed by atoms with Gasteiger partial charge in [0.05, 0.1) is 5.38 Å². The quantitative estimate of drug-likeness (QED) is 0.486. The lowest BCUT2D eigenvalue weighted by Crippen LogP contribution is -2.24. The van der Waals surface area contributed by atoms with E-state index in [0.29, 0.717) is 0 Å². The van der Waals surface area contributed by atoms with Crippen molar-refractivity contribution in [3.8, 4) is 0 Å². The van der Waals surface area contributed by atoms with Crippen LogP contribution in [-0.4, -0.2) is 17.5 Å². The van der Waals surface area contributed by atoms with Crippen LogP contribution < -0.4 is 0 Å². The predicted molar refractivity (Wildman–Crippen MR) is 34.5 cm³/mol. The molecule has 2 atom stereocenters. The molecule has 0 spiro atoms. The maximum Gasteiger partial charge on any atom is 0.147 e. The second-order valence-corrected chi connectivity index (χ2v) is 2.87. The van der Waals surface area contributed by atoms with Crippen molar-refractivity contribution in [1.82, 2.24) is 0 Å². The highest BCUT2D eigenvalue weighted by atomic mass is 35.5. The number of hydrogen-bond acceptors (Lipinski definition) is 1. The van der Waals surface area contributed by atoms with E-state index in [1.165, 1.54) is 0 Å². The molecule has 1 aliphatic heterocycles. The van der Waals surface area contributed by atoms with Gasteiger partial charge in [-0.25, -0.2) is 0 Å². The molecule has 1 rings (SSSR count). The van der Waals surface area contributed by atoms with Crippen molar-refractivity contribution in [3.05, 3.63) is 0 Å². The highest BCUT2D eigenvalue weighted by molar-refractivity contribution is 6.29. The smallest absolute Gasteiger partial charge is 0.147 e. The molecule has 0 aliphatic carbocycles. The van der Waals surface area contributed by atoms with Gasteiger partial charge in [0, 0.05) is 6.61 Å². The van der Waals surface area contributed by atoms with E-state index < -0.39 is 0 Å². The van der Waals surface area contributed by atoms with E-state index in [-0.39, 0.29) is 10.9 Å². The number of hydrogen-bond donors (Lipinski definition) is 0. The molecule has 1 aliphatic rings. The van der Waals surface area contributed by atoms with E-state index in [1.807, 2.05) is 0 Å². The van der Waals surface area contributed by atoms with E-state index in [2.05, 4.69) is 0 Å². The number of alkyl halides is 2. The zero-order valence-corrected chi connectivity index (χ0v) is 5.95. The standard InChI is InChI=1S/C5H8Cl2O/c6-4-2-1-3-8-5(4)7/h4-5H,1-3H2/t4-,5-/m1/s1. The van der Waals surface area contributed by atoms with Crippen LogP contribution in [0.3, 0.4) is 0 Å². The molecule has 1 heterocycles. The van der Waals surface area contributed by atoms with Crippen LogP contribution in [0.1, 0.15) is 12.8 Å². The Morgan fingerprint density at radius 3 is 2.50 bits per heavy atom. The van der Waals surface area contributed by atoms with Crippen molar-refractivity contribution in [3.63, 3.8) is 0 Å². The minimum absolute atomic E-state index is 0.0189. The number of rotatable bonds is 0. The first-order chi connectivity index (χ1) is 3.80. The molecule has 1 fully saturated rings.